The van der Waals surface area contributed by atoms with Crippen LogP contribution in [0.1, 0.15) is 15.9 Å². The first-order valence-electron chi connectivity index (χ1n) is 7.91. The summed E-state index contributed by atoms with van der Waals surface area (Å²) in [7, 11) is 2.91. The van der Waals surface area contributed by atoms with Crippen molar-refractivity contribution < 1.29 is 19.1 Å². The predicted molar refractivity (Wildman–Crippen MR) is 99.5 cm³/mol. The first-order chi connectivity index (χ1) is 12.5. The van der Waals surface area contributed by atoms with Crippen LogP contribution in [0.5, 0.6) is 5.75 Å². The molecule has 0 saturated heterocycles. The molecule has 2 aromatic carbocycles. The molecule has 6 nitrogen and oxygen atoms in total. The van der Waals surface area contributed by atoms with Gasteiger partial charge in [-0.1, -0.05) is 29.0 Å². The molecule has 3 rings (SSSR count). The zero-order valence-corrected chi connectivity index (χ0v) is 15.5. The molecule has 0 spiro atoms. The number of rotatable bonds is 4. The summed E-state index contributed by atoms with van der Waals surface area (Å²) < 4.78 is 12.6. The van der Waals surface area contributed by atoms with E-state index in [1.807, 2.05) is 31.2 Å². The third-order valence-corrected chi connectivity index (χ3v) is 4.94. The van der Waals surface area contributed by atoms with Crippen LogP contribution in [-0.2, 0) is 16.1 Å². The number of benzene rings is 2. The molecule has 134 valence electrons. The number of thiazole rings is 1. The van der Waals surface area contributed by atoms with Crippen LogP contribution >= 0.6 is 11.3 Å². The van der Waals surface area contributed by atoms with E-state index in [-0.39, 0.29) is 12.5 Å². The molecule has 3 aromatic rings. The lowest BCUT2D eigenvalue weighted by molar-refractivity contribution is -0.141. The van der Waals surface area contributed by atoms with E-state index in [4.69, 9.17) is 9.47 Å². The minimum Gasteiger partial charge on any atom is -0.497 e. The molecular weight excluding hydrogens is 352 g/mol. The Kier molecular flexibility index (Phi) is 5.18. The summed E-state index contributed by atoms with van der Waals surface area (Å²) in [5.74, 6) is -0.0766. The Morgan fingerprint density at radius 2 is 1.85 bits per heavy atom. The molecule has 1 heterocycles. The van der Waals surface area contributed by atoms with Gasteiger partial charge in [-0.3, -0.25) is 9.59 Å². The van der Waals surface area contributed by atoms with E-state index in [2.05, 4.69) is 4.99 Å². The van der Waals surface area contributed by atoms with Gasteiger partial charge in [0, 0.05) is 5.56 Å². The molecule has 0 aliphatic carbocycles. The molecule has 0 saturated carbocycles. The van der Waals surface area contributed by atoms with E-state index in [9.17, 15) is 9.59 Å². The highest BCUT2D eigenvalue weighted by Crippen LogP contribution is 2.23. The predicted octanol–water partition coefficient (Wildman–Crippen LogP) is 2.93. The van der Waals surface area contributed by atoms with E-state index in [0.29, 0.717) is 16.1 Å². The van der Waals surface area contributed by atoms with Crippen LogP contribution in [-0.4, -0.2) is 30.7 Å². The molecule has 1 aromatic heterocycles. The van der Waals surface area contributed by atoms with Crippen molar-refractivity contribution in [2.75, 3.05) is 14.2 Å². The van der Waals surface area contributed by atoms with E-state index in [1.165, 1.54) is 18.4 Å². The third kappa shape index (κ3) is 3.67. The molecule has 0 fully saturated rings. The fraction of sp³-hybridized carbons (Fsp3) is 0.211. The van der Waals surface area contributed by atoms with Crippen LogP contribution < -0.4 is 9.54 Å². The summed E-state index contributed by atoms with van der Waals surface area (Å²) >= 11 is 1.32. The minimum absolute atomic E-state index is 0.0250. The van der Waals surface area contributed by atoms with Gasteiger partial charge in [0.25, 0.3) is 5.91 Å². The summed E-state index contributed by atoms with van der Waals surface area (Å²) in [6.07, 6.45) is 0. The maximum absolute atomic E-state index is 12.5. The lowest BCUT2D eigenvalue weighted by atomic mass is 10.1. The second kappa shape index (κ2) is 7.53. The monoisotopic (exact) mass is 370 g/mol. The van der Waals surface area contributed by atoms with E-state index >= 15 is 0 Å². The largest absolute Gasteiger partial charge is 0.497 e. The second-order valence-corrected chi connectivity index (χ2v) is 6.67. The van der Waals surface area contributed by atoms with Gasteiger partial charge >= 0.3 is 5.97 Å². The van der Waals surface area contributed by atoms with Crippen molar-refractivity contribution >= 4 is 33.4 Å². The molecule has 0 atom stereocenters. The lowest BCUT2D eigenvalue weighted by Crippen LogP contribution is -2.22. The fourth-order valence-electron chi connectivity index (χ4n) is 2.46. The number of aryl methyl sites for hydroxylation is 1. The number of carbonyl (C=O) groups excluding carboxylic acids is 2. The van der Waals surface area contributed by atoms with Gasteiger partial charge < -0.3 is 14.0 Å². The highest BCUT2D eigenvalue weighted by Gasteiger charge is 2.13. The van der Waals surface area contributed by atoms with E-state index < -0.39 is 5.97 Å². The molecule has 0 unspecified atom stereocenters. The molecule has 26 heavy (non-hydrogen) atoms. The Labute approximate surface area is 154 Å². The molecule has 1 amide bonds. The molecule has 0 aliphatic heterocycles. The molecule has 0 bridgehead atoms. The van der Waals surface area contributed by atoms with Gasteiger partial charge in [-0.05, 0) is 37.3 Å². The van der Waals surface area contributed by atoms with Gasteiger partial charge in [0.05, 0.1) is 24.4 Å². The number of ether oxygens (including phenoxy) is 2. The fourth-order valence-corrected chi connectivity index (χ4v) is 3.52. The van der Waals surface area contributed by atoms with Crippen molar-refractivity contribution in [1.29, 1.82) is 0 Å². The zero-order valence-electron chi connectivity index (χ0n) is 14.7. The summed E-state index contributed by atoms with van der Waals surface area (Å²) in [6.45, 7) is 1.93. The van der Waals surface area contributed by atoms with Gasteiger partial charge in [-0.15, -0.1) is 0 Å². The smallest absolute Gasteiger partial charge is 0.325 e. The quantitative estimate of drug-likeness (QED) is 0.662. The number of amides is 1. The van der Waals surface area contributed by atoms with Crippen molar-refractivity contribution in [2.45, 2.75) is 13.5 Å². The standard InChI is InChI=1S/C19H18N2O4S/c1-12-4-6-13(7-5-12)18(23)20-19-21(11-17(22)25-3)15-9-8-14(24-2)10-16(15)26-19/h4-10H,11H2,1-3H3. The maximum Gasteiger partial charge on any atom is 0.325 e. The highest BCUT2D eigenvalue weighted by atomic mass is 32.1. The van der Waals surface area contributed by atoms with Gasteiger partial charge in [0.1, 0.15) is 12.3 Å². The molecule has 7 heteroatoms. The zero-order chi connectivity index (χ0) is 18.7. The molecule has 0 N–H and O–H groups in total. The number of nitrogens with zero attached hydrogens (tertiary/aromatic N) is 2. The maximum atomic E-state index is 12.5. The van der Waals surface area contributed by atoms with E-state index in [1.54, 1.807) is 29.9 Å². The number of aromatic nitrogens is 1. The van der Waals surface area contributed by atoms with Gasteiger partial charge in [0.2, 0.25) is 0 Å². The van der Waals surface area contributed by atoms with Crippen molar-refractivity contribution in [3.05, 3.63) is 58.4 Å². The first kappa shape index (κ1) is 17.9. The Balaban J connectivity index is 2.13. The average molecular weight is 370 g/mol. The van der Waals surface area contributed by atoms with Crippen molar-refractivity contribution in [2.24, 2.45) is 4.99 Å². The molecule has 0 aliphatic rings. The summed E-state index contributed by atoms with van der Waals surface area (Å²) in [5, 5.41) is 0. The summed E-state index contributed by atoms with van der Waals surface area (Å²) in [4.78, 5) is 29.0. The van der Waals surface area contributed by atoms with Crippen LogP contribution in [0.25, 0.3) is 10.2 Å². The Hall–Kier alpha value is -2.93. The molecular formula is C19H18N2O4S. The number of hydrogen-bond donors (Lipinski definition) is 0. The summed E-state index contributed by atoms with van der Waals surface area (Å²) in [5.41, 5.74) is 2.35. The van der Waals surface area contributed by atoms with Crippen LogP contribution in [0.2, 0.25) is 0 Å². The van der Waals surface area contributed by atoms with Crippen LogP contribution in [0.4, 0.5) is 0 Å². The second-order valence-electron chi connectivity index (χ2n) is 5.66. The third-order valence-electron chi connectivity index (χ3n) is 3.90. The summed E-state index contributed by atoms with van der Waals surface area (Å²) in [6, 6.07) is 12.7. The van der Waals surface area contributed by atoms with Crippen molar-refractivity contribution in [1.82, 2.24) is 4.57 Å². The topological polar surface area (TPSA) is 69.9 Å². The number of methoxy groups -OCH3 is 2. The van der Waals surface area contributed by atoms with E-state index in [0.717, 1.165) is 15.8 Å². The number of esters is 1. The molecule has 0 radical (unpaired) electrons. The van der Waals surface area contributed by atoms with Crippen molar-refractivity contribution in [3.8, 4) is 5.75 Å². The van der Waals surface area contributed by atoms with Gasteiger partial charge in [-0.2, -0.15) is 4.99 Å². The lowest BCUT2D eigenvalue weighted by Gasteiger charge is -2.04. The Bertz CT molecular complexity index is 1030. The van der Waals surface area contributed by atoms with Crippen LogP contribution in [0.3, 0.4) is 0 Å². The average Bonchev–Trinajstić information content (AvgIpc) is 2.98. The van der Waals surface area contributed by atoms with Crippen molar-refractivity contribution in [3.63, 3.8) is 0 Å². The highest BCUT2D eigenvalue weighted by molar-refractivity contribution is 7.16. The number of carbonyl (C=O) groups is 2. The SMILES string of the molecule is COC(=O)Cn1c(=NC(=O)c2ccc(C)cc2)sc2cc(OC)ccc21. The number of hydrogen-bond acceptors (Lipinski definition) is 5. The minimum atomic E-state index is -0.412. The van der Waals surface area contributed by atoms with Gasteiger partial charge in [0.15, 0.2) is 4.80 Å². The Morgan fingerprint density at radius 3 is 2.50 bits per heavy atom. The number of fused-ring (bicyclic) bond motifs is 1. The normalized spacial score (nSPS) is 11.6. The first-order valence-corrected chi connectivity index (χ1v) is 8.73. The van der Waals surface area contributed by atoms with Crippen LogP contribution in [0.15, 0.2) is 47.5 Å². The van der Waals surface area contributed by atoms with Gasteiger partial charge in [-0.25, -0.2) is 0 Å². The Morgan fingerprint density at radius 1 is 1.12 bits per heavy atom. The van der Waals surface area contributed by atoms with Crippen LogP contribution in [0, 0.1) is 6.92 Å².